The Morgan fingerprint density at radius 1 is 1.07 bits per heavy atom. The number of ether oxygens (including phenoxy) is 1. The minimum absolute atomic E-state index is 0.464. The van der Waals surface area contributed by atoms with E-state index in [1.165, 1.54) is 30.4 Å². The Balaban J connectivity index is 1.26. The average molecular weight is 378 g/mol. The van der Waals surface area contributed by atoms with E-state index in [-0.39, 0.29) is 0 Å². The van der Waals surface area contributed by atoms with Crippen molar-refractivity contribution in [2.75, 3.05) is 16.8 Å². The molecule has 1 aromatic carbocycles. The summed E-state index contributed by atoms with van der Waals surface area (Å²) in [6.07, 6.45) is 3.54. The molecule has 4 heterocycles. The van der Waals surface area contributed by atoms with Gasteiger partial charge in [-0.3, -0.25) is 10.9 Å². The predicted octanol–water partition coefficient (Wildman–Crippen LogP) is 2.08. The molecule has 1 aromatic heterocycles. The van der Waals surface area contributed by atoms with E-state index in [1.54, 1.807) is 0 Å². The van der Waals surface area contributed by atoms with E-state index in [0.29, 0.717) is 31.2 Å². The molecule has 3 atom stereocenters. The Kier molecular flexibility index (Phi) is 3.99. The summed E-state index contributed by atoms with van der Waals surface area (Å²) in [7, 11) is 0. The molecule has 146 valence electrons. The number of hydrogen-bond acceptors (Lipinski definition) is 7. The molecule has 7 heteroatoms. The van der Waals surface area contributed by atoms with E-state index < -0.39 is 0 Å². The smallest absolute Gasteiger partial charge is 0.228 e. The van der Waals surface area contributed by atoms with Crippen LogP contribution in [-0.2, 0) is 31.0 Å². The lowest BCUT2D eigenvalue weighted by atomic mass is 9.83. The third-order valence-electron chi connectivity index (χ3n) is 6.66. The van der Waals surface area contributed by atoms with Gasteiger partial charge in [0, 0.05) is 37.3 Å². The first-order chi connectivity index (χ1) is 13.8. The molecular formula is C21H26N6O. The fourth-order valence-corrected chi connectivity index (χ4v) is 5.10. The molecule has 2 fully saturated rings. The molecule has 1 saturated carbocycles. The highest BCUT2D eigenvalue weighted by Crippen LogP contribution is 2.34. The van der Waals surface area contributed by atoms with Crippen LogP contribution in [0.2, 0.25) is 0 Å². The minimum Gasteiger partial charge on any atom is -0.370 e. The average Bonchev–Trinajstić information content (AvgIpc) is 3.45. The standard InChI is InChI=1S/C21H26N6O/c1-2-4-14-10-27(9-13(14)3-1)21-24-19-12-28-11-17(19)20(25-21)23-16-5-6-18-15(7-16)8-22-26-18/h1-4,15-16,18,22,26H,5-12H2,(H,23,24,25). The van der Waals surface area contributed by atoms with Crippen LogP contribution < -0.4 is 21.1 Å². The Bertz CT molecular complexity index is 877. The molecule has 0 spiro atoms. The van der Waals surface area contributed by atoms with E-state index in [0.717, 1.165) is 42.7 Å². The highest BCUT2D eigenvalue weighted by Gasteiger charge is 2.34. The number of fused-ring (bicyclic) bond motifs is 3. The molecule has 3 unspecified atom stereocenters. The summed E-state index contributed by atoms with van der Waals surface area (Å²) < 4.78 is 5.71. The predicted molar refractivity (Wildman–Crippen MR) is 107 cm³/mol. The zero-order chi connectivity index (χ0) is 18.5. The topological polar surface area (TPSA) is 74.3 Å². The quantitative estimate of drug-likeness (QED) is 0.755. The van der Waals surface area contributed by atoms with Gasteiger partial charge in [0.05, 0.1) is 18.9 Å². The number of hydrazine groups is 1. The van der Waals surface area contributed by atoms with Crippen LogP contribution in [-0.4, -0.2) is 28.6 Å². The van der Waals surface area contributed by atoms with Crippen LogP contribution in [0.15, 0.2) is 24.3 Å². The fraction of sp³-hybridized carbons (Fsp3) is 0.524. The van der Waals surface area contributed by atoms with Crippen molar-refractivity contribution in [1.29, 1.82) is 0 Å². The summed E-state index contributed by atoms with van der Waals surface area (Å²) in [5.41, 5.74) is 11.7. The summed E-state index contributed by atoms with van der Waals surface area (Å²) in [5.74, 6) is 2.50. The van der Waals surface area contributed by atoms with Crippen molar-refractivity contribution in [2.24, 2.45) is 5.92 Å². The first-order valence-electron chi connectivity index (χ1n) is 10.4. The normalized spacial score (nSPS) is 28.1. The zero-order valence-electron chi connectivity index (χ0n) is 15.9. The molecule has 0 amide bonds. The first-order valence-corrected chi connectivity index (χ1v) is 10.4. The molecule has 3 aliphatic heterocycles. The second-order valence-corrected chi connectivity index (χ2v) is 8.46. The summed E-state index contributed by atoms with van der Waals surface area (Å²) in [5, 5.41) is 3.77. The maximum absolute atomic E-state index is 5.71. The number of nitrogens with zero attached hydrogens (tertiary/aromatic N) is 3. The van der Waals surface area contributed by atoms with Crippen LogP contribution >= 0.6 is 0 Å². The van der Waals surface area contributed by atoms with Crippen LogP contribution in [0.3, 0.4) is 0 Å². The third-order valence-corrected chi connectivity index (χ3v) is 6.66. The second-order valence-electron chi connectivity index (χ2n) is 8.46. The second kappa shape index (κ2) is 6.69. The van der Waals surface area contributed by atoms with Gasteiger partial charge in [0.15, 0.2) is 0 Å². The maximum Gasteiger partial charge on any atom is 0.228 e. The van der Waals surface area contributed by atoms with Crippen molar-refractivity contribution < 1.29 is 4.74 Å². The Morgan fingerprint density at radius 3 is 2.79 bits per heavy atom. The van der Waals surface area contributed by atoms with Crippen LogP contribution in [0, 0.1) is 5.92 Å². The van der Waals surface area contributed by atoms with Gasteiger partial charge in [0.25, 0.3) is 0 Å². The van der Waals surface area contributed by atoms with Crippen LogP contribution in [0.1, 0.15) is 41.6 Å². The van der Waals surface area contributed by atoms with Crippen LogP contribution in [0.4, 0.5) is 11.8 Å². The molecule has 2 aromatic rings. The zero-order valence-corrected chi connectivity index (χ0v) is 15.9. The van der Waals surface area contributed by atoms with Gasteiger partial charge in [0.1, 0.15) is 5.82 Å². The van der Waals surface area contributed by atoms with Gasteiger partial charge in [-0.2, -0.15) is 4.98 Å². The largest absolute Gasteiger partial charge is 0.370 e. The van der Waals surface area contributed by atoms with E-state index >= 15 is 0 Å². The molecule has 0 bridgehead atoms. The monoisotopic (exact) mass is 378 g/mol. The summed E-state index contributed by atoms with van der Waals surface area (Å²) in [6.45, 7) is 4.01. The van der Waals surface area contributed by atoms with Gasteiger partial charge < -0.3 is 15.0 Å². The molecule has 28 heavy (non-hydrogen) atoms. The van der Waals surface area contributed by atoms with Gasteiger partial charge in [0.2, 0.25) is 5.95 Å². The summed E-state index contributed by atoms with van der Waals surface area (Å²) in [4.78, 5) is 12.1. The van der Waals surface area contributed by atoms with Crippen molar-refractivity contribution in [1.82, 2.24) is 20.8 Å². The van der Waals surface area contributed by atoms with E-state index in [4.69, 9.17) is 14.7 Å². The SMILES string of the molecule is c1ccc2c(c1)CN(c1nc3c(c(NC4CCC5NNCC5C4)n1)COC3)C2. The molecule has 1 saturated heterocycles. The lowest BCUT2D eigenvalue weighted by Crippen LogP contribution is -2.39. The van der Waals surface area contributed by atoms with Crippen molar-refractivity contribution in [3.63, 3.8) is 0 Å². The number of benzene rings is 1. The van der Waals surface area contributed by atoms with Crippen molar-refractivity contribution in [3.8, 4) is 0 Å². The van der Waals surface area contributed by atoms with Gasteiger partial charge in [-0.25, -0.2) is 4.98 Å². The number of anilines is 2. The lowest BCUT2D eigenvalue weighted by molar-refractivity contribution is 0.133. The molecule has 1 aliphatic carbocycles. The third kappa shape index (κ3) is 2.85. The van der Waals surface area contributed by atoms with E-state index in [2.05, 4.69) is 45.3 Å². The number of nitrogens with one attached hydrogen (secondary N) is 3. The molecule has 7 nitrogen and oxygen atoms in total. The van der Waals surface area contributed by atoms with Crippen LogP contribution in [0.25, 0.3) is 0 Å². The van der Waals surface area contributed by atoms with Gasteiger partial charge in [-0.1, -0.05) is 24.3 Å². The van der Waals surface area contributed by atoms with E-state index in [1.807, 2.05) is 0 Å². The number of hydrogen-bond donors (Lipinski definition) is 3. The van der Waals surface area contributed by atoms with Gasteiger partial charge in [-0.15, -0.1) is 0 Å². The molecule has 0 radical (unpaired) electrons. The van der Waals surface area contributed by atoms with E-state index in [9.17, 15) is 0 Å². The maximum atomic E-state index is 5.71. The minimum atomic E-state index is 0.464. The molecule has 6 rings (SSSR count). The molecule has 4 aliphatic rings. The summed E-state index contributed by atoms with van der Waals surface area (Å²) in [6, 6.07) is 9.70. The molecule has 3 N–H and O–H groups in total. The summed E-state index contributed by atoms with van der Waals surface area (Å²) >= 11 is 0. The fourth-order valence-electron chi connectivity index (χ4n) is 5.10. The first kappa shape index (κ1) is 16.7. The van der Waals surface area contributed by atoms with Gasteiger partial charge in [-0.05, 0) is 36.3 Å². The van der Waals surface area contributed by atoms with Crippen molar-refractivity contribution in [3.05, 3.63) is 46.6 Å². The highest BCUT2D eigenvalue weighted by molar-refractivity contribution is 5.54. The lowest BCUT2D eigenvalue weighted by Gasteiger charge is -2.32. The Hall–Kier alpha value is -2.22. The van der Waals surface area contributed by atoms with Gasteiger partial charge >= 0.3 is 0 Å². The molecular weight excluding hydrogens is 352 g/mol. The van der Waals surface area contributed by atoms with Crippen molar-refractivity contribution in [2.45, 2.75) is 57.6 Å². The Labute approximate surface area is 164 Å². The Morgan fingerprint density at radius 2 is 1.93 bits per heavy atom. The van der Waals surface area contributed by atoms with Crippen LogP contribution in [0.5, 0.6) is 0 Å². The number of aromatic nitrogens is 2. The number of rotatable bonds is 3. The highest BCUT2D eigenvalue weighted by atomic mass is 16.5. The van der Waals surface area contributed by atoms with Crippen molar-refractivity contribution >= 4 is 11.8 Å².